The van der Waals surface area contributed by atoms with Gasteiger partial charge in [0.05, 0.1) is 6.61 Å². The lowest BCUT2D eigenvalue weighted by atomic mass is 11.0. The molecule has 1 rings (SSSR count). The van der Waals surface area contributed by atoms with E-state index in [0.717, 1.165) is 0 Å². The lowest BCUT2D eigenvalue weighted by Crippen LogP contribution is -2.10. The summed E-state index contributed by atoms with van der Waals surface area (Å²) in [4.78, 5) is 0. The number of thiol groups is 1. The molecule has 0 spiro atoms. The molecule has 10 heavy (non-hydrogen) atoms. The number of rotatable bonds is 2. The van der Waals surface area contributed by atoms with Crippen LogP contribution in [0.2, 0.25) is 0 Å². The molecule has 1 aliphatic heterocycles. The highest BCUT2D eigenvalue weighted by Crippen LogP contribution is 2.26. The fourth-order valence-electron chi connectivity index (χ4n) is 0.342. The van der Waals surface area contributed by atoms with E-state index in [1.165, 1.54) is 0 Å². The van der Waals surface area contributed by atoms with Crippen LogP contribution in [-0.2, 0) is 60.9 Å². The highest BCUT2D eigenvalue weighted by Gasteiger charge is 2.34. The Morgan fingerprint density at radius 1 is 1.30 bits per heavy atom. The Morgan fingerprint density at radius 3 is 1.80 bits per heavy atom. The van der Waals surface area contributed by atoms with E-state index in [4.69, 9.17) is 49.5 Å². The Bertz CT molecular complexity index is 315. The first kappa shape index (κ1) is 9.97. The van der Waals surface area contributed by atoms with Crippen LogP contribution in [0.4, 0.5) is 0 Å². The van der Waals surface area contributed by atoms with Crippen molar-refractivity contribution in [1.82, 2.24) is 0 Å². The van der Waals surface area contributed by atoms with Crippen LogP contribution in [0.25, 0.3) is 0 Å². The van der Waals surface area contributed by atoms with Crippen molar-refractivity contribution < 1.29 is 4.74 Å². The monoisotopic (exact) mass is 268 g/mol. The van der Waals surface area contributed by atoms with Crippen LogP contribution in [-0.4, -0.2) is 12.0 Å². The summed E-state index contributed by atoms with van der Waals surface area (Å²) in [6.45, 7) is 0.630. The first-order valence-corrected chi connectivity index (χ1v) is 10.8. The minimum Gasteiger partial charge on any atom is -0.360 e. The van der Waals surface area contributed by atoms with E-state index in [0.29, 0.717) is 6.61 Å². The van der Waals surface area contributed by atoms with Gasteiger partial charge in [-0.1, -0.05) is 11.7 Å². The van der Waals surface area contributed by atoms with Gasteiger partial charge < -0.3 is 4.74 Å². The van der Waals surface area contributed by atoms with Crippen molar-refractivity contribution in [2.75, 3.05) is 6.61 Å². The summed E-state index contributed by atoms with van der Waals surface area (Å²) in [5.41, 5.74) is -0.0278. The normalized spacial score (nSPS) is 26.3. The second-order valence-corrected chi connectivity index (χ2v) is 20.9. The standard InChI is InChI=1S/C2H4OS7/c4-9(5,2-1-3-2)10(6,7)8/h2H,1H2,(H,6,7,8). The number of epoxide rings is 1. The molecule has 0 aromatic carbocycles. The molecule has 1 nitrogen and oxygen atoms in total. The summed E-state index contributed by atoms with van der Waals surface area (Å²) >= 11 is 24.2. The Kier molecular flexibility index (Phi) is 2.98. The molecule has 0 aromatic rings. The molecular formula is C2H4OS7. The quantitative estimate of drug-likeness (QED) is 0.437. The number of hydrogen-bond donors (Lipinski definition) is 1. The van der Waals surface area contributed by atoms with E-state index in [9.17, 15) is 0 Å². The molecule has 0 N–H and O–H groups in total. The number of ether oxygens (including phenoxy) is 1. The van der Waals surface area contributed by atoms with Crippen molar-refractivity contribution in [2.45, 2.75) is 5.44 Å². The third kappa shape index (κ3) is 1.98. The predicted molar refractivity (Wildman–Crippen MR) is 62.9 cm³/mol. The van der Waals surface area contributed by atoms with Crippen molar-refractivity contribution in [3.63, 3.8) is 0 Å². The maximum absolute atomic E-state index is 5.09. The van der Waals surface area contributed by atoms with E-state index in [1.807, 2.05) is 0 Å². The predicted octanol–water partition coefficient (Wildman–Crippen LogP) is 0.258. The number of hydrogen-bond acceptors (Lipinski definition) is 5. The molecule has 1 saturated heterocycles. The molecule has 1 fully saturated rings. The first-order valence-electron chi connectivity index (χ1n) is 2.18. The Hall–Kier alpha value is 1.89. The molecule has 0 aliphatic carbocycles. The van der Waals surface area contributed by atoms with Gasteiger partial charge in [-0.2, -0.15) is 0 Å². The van der Waals surface area contributed by atoms with Crippen molar-refractivity contribution in [2.24, 2.45) is 0 Å². The molecule has 8 heteroatoms. The average molecular weight is 269 g/mol. The van der Waals surface area contributed by atoms with Gasteiger partial charge >= 0.3 is 0 Å². The molecule has 1 atom stereocenters. The zero-order valence-electron chi connectivity index (χ0n) is 4.59. The van der Waals surface area contributed by atoms with Crippen LogP contribution in [0.5, 0.6) is 0 Å². The van der Waals surface area contributed by atoms with Crippen LogP contribution in [0.1, 0.15) is 0 Å². The minimum atomic E-state index is -1.89. The fourth-order valence-corrected chi connectivity index (χ4v) is 5.28. The molecule has 0 radical (unpaired) electrons. The van der Waals surface area contributed by atoms with Crippen LogP contribution in [0, 0.1) is 0 Å². The SMILES string of the molecule is S=S(=S)(S)S(=S)(=S)C1CO1. The topological polar surface area (TPSA) is 12.5 Å². The molecule has 0 bridgehead atoms. The third-order valence-electron chi connectivity index (χ3n) is 0.918. The van der Waals surface area contributed by atoms with Crippen molar-refractivity contribution in [1.29, 1.82) is 0 Å². The average Bonchev–Trinajstić information content (AvgIpc) is 2.38. The van der Waals surface area contributed by atoms with E-state index in [-0.39, 0.29) is 5.44 Å². The van der Waals surface area contributed by atoms with Crippen molar-refractivity contribution in [3.8, 4) is 0 Å². The van der Waals surface area contributed by atoms with Crippen LogP contribution in [0.3, 0.4) is 0 Å². The van der Waals surface area contributed by atoms with Crippen LogP contribution < -0.4 is 0 Å². The summed E-state index contributed by atoms with van der Waals surface area (Å²) in [7, 11) is 0. The molecule has 1 aliphatic rings. The summed E-state index contributed by atoms with van der Waals surface area (Å²) in [5, 5.41) is -1.89. The molecular weight excluding hydrogens is 264 g/mol. The Morgan fingerprint density at radius 2 is 1.70 bits per heavy atom. The second kappa shape index (κ2) is 2.99. The Labute approximate surface area is 83.7 Å². The van der Waals surface area contributed by atoms with Gasteiger partial charge in [0, 0.05) is 11.4 Å². The first-order chi connectivity index (χ1) is 4.36. The van der Waals surface area contributed by atoms with Crippen molar-refractivity contribution in [3.05, 3.63) is 0 Å². The van der Waals surface area contributed by atoms with E-state index < -0.39 is 11.4 Å². The summed E-state index contributed by atoms with van der Waals surface area (Å²) in [5.74, 6) is 0. The van der Waals surface area contributed by atoms with Gasteiger partial charge in [0.1, 0.15) is 5.44 Å². The van der Waals surface area contributed by atoms with E-state index >= 15 is 0 Å². The van der Waals surface area contributed by atoms with E-state index in [2.05, 4.69) is 11.7 Å². The third-order valence-corrected chi connectivity index (χ3v) is 20.7. The molecule has 1 unspecified atom stereocenters. The van der Waals surface area contributed by atoms with Gasteiger partial charge in [0.25, 0.3) is 0 Å². The molecule has 0 saturated carbocycles. The summed E-state index contributed by atoms with van der Waals surface area (Å²) in [6.07, 6.45) is -1.78. The largest absolute Gasteiger partial charge is 0.360 e. The minimum absolute atomic E-state index is 0.0278. The maximum Gasteiger partial charge on any atom is 0.144 e. The van der Waals surface area contributed by atoms with E-state index in [1.54, 1.807) is 0 Å². The van der Waals surface area contributed by atoms with Gasteiger partial charge in [0.2, 0.25) is 0 Å². The lowest BCUT2D eigenvalue weighted by Gasteiger charge is -2.06. The summed E-state index contributed by atoms with van der Waals surface area (Å²) < 4.78 is 4.97. The lowest BCUT2D eigenvalue weighted by molar-refractivity contribution is 0.460. The maximum atomic E-state index is 5.09. The van der Waals surface area contributed by atoms with Crippen LogP contribution in [0.15, 0.2) is 0 Å². The summed E-state index contributed by atoms with van der Waals surface area (Å²) in [6, 6.07) is 0. The fraction of sp³-hybridized carbons (Fsp3) is 1.00. The zero-order valence-corrected chi connectivity index (χ0v) is 10.4. The van der Waals surface area contributed by atoms with Gasteiger partial charge in [-0.15, -0.1) is 0 Å². The van der Waals surface area contributed by atoms with Gasteiger partial charge in [-0.3, -0.25) is 0 Å². The smallest absolute Gasteiger partial charge is 0.144 e. The van der Waals surface area contributed by atoms with Crippen molar-refractivity contribution >= 4 is 67.8 Å². The molecule has 0 amide bonds. The zero-order chi connectivity index (χ0) is 7.99. The second-order valence-electron chi connectivity index (χ2n) is 1.68. The molecule has 1 heterocycles. The van der Waals surface area contributed by atoms with Crippen LogP contribution >= 0.6 is 11.7 Å². The highest BCUT2D eigenvalue weighted by atomic mass is 33.9. The van der Waals surface area contributed by atoms with Gasteiger partial charge in [0.15, 0.2) is 0 Å². The van der Waals surface area contributed by atoms with Gasteiger partial charge in [-0.25, -0.2) is 0 Å². The molecule has 0 aromatic heterocycles. The van der Waals surface area contributed by atoms with Gasteiger partial charge in [-0.05, 0) is 44.8 Å². The highest BCUT2D eigenvalue weighted by molar-refractivity contribution is 9.29. The molecule has 60 valence electrons. The Balaban J connectivity index is 3.12.